The van der Waals surface area contributed by atoms with Crippen molar-refractivity contribution in [1.29, 1.82) is 0 Å². The van der Waals surface area contributed by atoms with Crippen LogP contribution in [0, 0.1) is 11.6 Å². The van der Waals surface area contributed by atoms with Crippen molar-refractivity contribution in [3.63, 3.8) is 0 Å². The van der Waals surface area contributed by atoms with E-state index >= 15 is 0 Å². The van der Waals surface area contributed by atoms with Crippen molar-refractivity contribution in [3.05, 3.63) is 36.0 Å². The van der Waals surface area contributed by atoms with Crippen LogP contribution in [0.15, 0.2) is 28.9 Å². The summed E-state index contributed by atoms with van der Waals surface area (Å²) in [7, 11) is 0. The maximum Gasteiger partial charge on any atom is 0.192 e. The molecule has 0 fully saturated rings. The van der Waals surface area contributed by atoms with E-state index in [1.165, 1.54) is 18.3 Å². The molecule has 0 aliphatic heterocycles. The topological polar surface area (TPSA) is 52.0 Å². The number of hydrogen-bond donors (Lipinski definition) is 1. The largest absolute Gasteiger partial charge is 0.394 e. The summed E-state index contributed by atoms with van der Waals surface area (Å²) in [6.07, 6.45) is 1.24. The molecule has 5 heteroatoms. The van der Waals surface area contributed by atoms with Crippen LogP contribution >= 0.6 is 0 Å². The fraction of sp³-hybridized carbons (Fsp3) is 0. The Morgan fingerprint density at radius 1 is 1.29 bits per heavy atom. The molecule has 0 saturated heterocycles. The molecule has 1 aromatic heterocycles. The molecule has 2 aromatic rings. The maximum absolute atomic E-state index is 13.2. The van der Waals surface area contributed by atoms with Gasteiger partial charge in [0.25, 0.3) is 0 Å². The molecule has 0 spiro atoms. The average Bonchev–Trinajstić information content (AvgIpc) is 2.57. The van der Waals surface area contributed by atoms with E-state index < -0.39 is 11.6 Å². The van der Waals surface area contributed by atoms with Crippen LogP contribution in [0.4, 0.5) is 14.5 Å². The summed E-state index contributed by atoms with van der Waals surface area (Å²) < 4.78 is 30.8. The van der Waals surface area contributed by atoms with Crippen LogP contribution in [0.25, 0.3) is 11.3 Å². The summed E-state index contributed by atoms with van der Waals surface area (Å²) in [5.74, 6) is -1.89. The van der Waals surface area contributed by atoms with Crippen LogP contribution in [0.3, 0.4) is 0 Å². The minimum atomic E-state index is -0.990. The molecule has 0 bridgehead atoms. The van der Waals surface area contributed by atoms with Crippen molar-refractivity contribution in [2.75, 3.05) is 5.73 Å². The first-order valence-electron chi connectivity index (χ1n) is 3.84. The van der Waals surface area contributed by atoms with Gasteiger partial charge in [-0.3, -0.25) is 0 Å². The highest BCUT2D eigenvalue weighted by molar-refractivity contribution is 5.70. The Bertz CT molecular complexity index is 468. The van der Waals surface area contributed by atoms with Gasteiger partial charge in [-0.25, -0.2) is 8.78 Å². The minimum absolute atomic E-state index is 0.0278. The van der Waals surface area contributed by atoms with Crippen LogP contribution in [0.5, 0.6) is 0 Å². The predicted molar refractivity (Wildman–Crippen MR) is 46.3 cm³/mol. The number of nitrogen functional groups attached to an aromatic ring is 1. The molecule has 0 saturated carbocycles. The van der Waals surface area contributed by atoms with Crippen LogP contribution in [-0.2, 0) is 0 Å². The summed E-state index contributed by atoms with van der Waals surface area (Å²) in [4.78, 5) is 0. The van der Waals surface area contributed by atoms with Gasteiger partial charge < -0.3 is 10.3 Å². The standard InChI is InChI=1S/C9H6F2N2O/c10-6-3-1-2-5(8(6)11)9-7(12)4-13-14-9/h1-4H,12H2. The molecule has 1 aromatic carbocycles. The fourth-order valence-electron chi connectivity index (χ4n) is 1.13. The zero-order valence-corrected chi connectivity index (χ0v) is 7.00. The second kappa shape index (κ2) is 3.10. The highest BCUT2D eigenvalue weighted by atomic mass is 19.2. The Morgan fingerprint density at radius 2 is 2.07 bits per heavy atom. The average molecular weight is 196 g/mol. The normalized spacial score (nSPS) is 10.4. The van der Waals surface area contributed by atoms with Gasteiger partial charge in [-0.15, -0.1) is 0 Å². The highest BCUT2D eigenvalue weighted by Gasteiger charge is 2.15. The van der Waals surface area contributed by atoms with Gasteiger partial charge >= 0.3 is 0 Å². The monoisotopic (exact) mass is 196 g/mol. The molecule has 0 amide bonds. The zero-order chi connectivity index (χ0) is 10.1. The lowest BCUT2D eigenvalue weighted by Crippen LogP contribution is -1.91. The van der Waals surface area contributed by atoms with E-state index in [2.05, 4.69) is 5.16 Å². The van der Waals surface area contributed by atoms with E-state index in [1.807, 2.05) is 0 Å². The van der Waals surface area contributed by atoms with Gasteiger partial charge in [-0.1, -0.05) is 11.2 Å². The molecule has 72 valence electrons. The fourth-order valence-corrected chi connectivity index (χ4v) is 1.13. The summed E-state index contributed by atoms with van der Waals surface area (Å²) in [6, 6.07) is 3.76. The number of nitrogens with two attached hydrogens (primary N) is 1. The third-order valence-corrected chi connectivity index (χ3v) is 1.79. The second-order valence-corrected chi connectivity index (χ2v) is 2.71. The van der Waals surface area contributed by atoms with E-state index in [0.717, 1.165) is 6.07 Å². The lowest BCUT2D eigenvalue weighted by atomic mass is 10.1. The molecular weight excluding hydrogens is 190 g/mol. The smallest absolute Gasteiger partial charge is 0.192 e. The van der Waals surface area contributed by atoms with Crippen molar-refractivity contribution in [2.45, 2.75) is 0 Å². The van der Waals surface area contributed by atoms with Crippen molar-refractivity contribution < 1.29 is 13.3 Å². The van der Waals surface area contributed by atoms with Crippen molar-refractivity contribution in [3.8, 4) is 11.3 Å². The predicted octanol–water partition coefficient (Wildman–Crippen LogP) is 2.20. The third kappa shape index (κ3) is 1.22. The Hall–Kier alpha value is -1.91. The number of rotatable bonds is 1. The number of benzene rings is 1. The Morgan fingerprint density at radius 3 is 2.71 bits per heavy atom. The second-order valence-electron chi connectivity index (χ2n) is 2.71. The van der Waals surface area contributed by atoms with E-state index in [-0.39, 0.29) is 17.0 Å². The molecule has 0 aliphatic rings. The molecule has 14 heavy (non-hydrogen) atoms. The van der Waals surface area contributed by atoms with Gasteiger partial charge in [0, 0.05) is 0 Å². The quantitative estimate of drug-likeness (QED) is 0.760. The summed E-state index contributed by atoms with van der Waals surface area (Å²) in [5.41, 5.74) is 5.59. The van der Waals surface area contributed by atoms with E-state index in [9.17, 15) is 8.78 Å². The first kappa shape index (κ1) is 8.68. The summed E-state index contributed by atoms with van der Waals surface area (Å²) >= 11 is 0. The number of nitrogens with zero attached hydrogens (tertiary/aromatic N) is 1. The first-order chi connectivity index (χ1) is 6.70. The van der Waals surface area contributed by atoms with Crippen molar-refractivity contribution >= 4 is 5.69 Å². The van der Waals surface area contributed by atoms with Gasteiger partial charge in [0.15, 0.2) is 17.4 Å². The number of hydrogen-bond acceptors (Lipinski definition) is 3. The van der Waals surface area contributed by atoms with Crippen LogP contribution in [0.1, 0.15) is 0 Å². The van der Waals surface area contributed by atoms with E-state index in [0.29, 0.717) is 0 Å². The number of anilines is 1. The third-order valence-electron chi connectivity index (χ3n) is 1.79. The molecule has 0 radical (unpaired) electrons. The van der Waals surface area contributed by atoms with E-state index in [1.54, 1.807) is 0 Å². The van der Waals surface area contributed by atoms with Crippen LogP contribution < -0.4 is 5.73 Å². The summed E-state index contributed by atoms with van der Waals surface area (Å²) in [5, 5.41) is 3.38. The number of aromatic nitrogens is 1. The molecule has 3 nitrogen and oxygen atoms in total. The SMILES string of the molecule is Nc1cnoc1-c1cccc(F)c1F. The maximum atomic E-state index is 13.2. The Balaban J connectivity index is 2.63. The number of halogens is 2. The molecule has 0 atom stereocenters. The molecule has 2 rings (SSSR count). The molecule has 0 aliphatic carbocycles. The van der Waals surface area contributed by atoms with Crippen LogP contribution in [0.2, 0.25) is 0 Å². The molecule has 0 unspecified atom stereocenters. The van der Waals surface area contributed by atoms with Crippen molar-refractivity contribution in [2.24, 2.45) is 0 Å². The molecule has 2 N–H and O–H groups in total. The van der Waals surface area contributed by atoms with Gasteiger partial charge in [0.1, 0.15) is 5.69 Å². The lowest BCUT2D eigenvalue weighted by Gasteiger charge is -1.99. The molecular formula is C9H6F2N2O. The zero-order valence-electron chi connectivity index (χ0n) is 7.00. The van der Waals surface area contributed by atoms with Crippen molar-refractivity contribution in [1.82, 2.24) is 5.16 Å². The molecule has 1 heterocycles. The first-order valence-corrected chi connectivity index (χ1v) is 3.84. The van der Waals surface area contributed by atoms with Gasteiger partial charge in [0.05, 0.1) is 11.8 Å². The van der Waals surface area contributed by atoms with Crippen LogP contribution in [-0.4, -0.2) is 5.16 Å². The van der Waals surface area contributed by atoms with Gasteiger partial charge in [-0.2, -0.15) is 0 Å². The Kier molecular flexibility index (Phi) is 1.92. The summed E-state index contributed by atoms with van der Waals surface area (Å²) in [6.45, 7) is 0. The Labute approximate surface area is 78.1 Å². The lowest BCUT2D eigenvalue weighted by molar-refractivity contribution is 0.427. The van der Waals surface area contributed by atoms with Gasteiger partial charge in [-0.05, 0) is 12.1 Å². The minimum Gasteiger partial charge on any atom is -0.394 e. The van der Waals surface area contributed by atoms with E-state index in [4.69, 9.17) is 10.3 Å². The van der Waals surface area contributed by atoms with Gasteiger partial charge in [0.2, 0.25) is 0 Å². The highest BCUT2D eigenvalue weighted by Crippen LogP contribution is 2.28.